The van der Waals surface area contributed by atoms with Crippen molar-refractivity contribution in [2.24, 2.45) is 10.9 Å². The Labute approximate surface area is 197 Å². The average Bonchev–Trinajstić information content (AvgIpc) is 3.09. The van der Waals surface area contributed by atoms with Crippen molar-refractivity contribution in [1.82, 2.24) is 10.6 Å². The predicted octanol–water partition coefficient (Wildman–Crippen LogP) is 3.62. The fraction of sp³-hybridized carbons (Fsp3) is 0.435. The third-order valence-electron chi connectivity index (χ3n) is 5.29. The standard InChI is InChI=1S/C23H31N3O2S.HI/c1-2-24-23(25-16-20-13-14-29(27,28)18-20)26-17-22(21-11-7-4-8-12-21)15-19-9-5-3-6-10-19;/h3-12,20,22H,2,13-18H2,1H3,(H2,24,25,26);1H. The molecule has 0 amide bonds. The summed E-state index contributed by atoms with van der Waals surface area (Å²) in [6.45, 7) is 4.11. The van der Waals surface area contributed by atoms with Crippen molar-refractivity contribution in [2.45, 2.75) is 25.7 Å². The van der Waals surface area contributed by atoms with Crippen molar-refractivity contribution in [1.29, 1.82) is 0 Å². The quantitative estimate of drug-likeness (QED) is 0.305. The van der Waals surface area contributed by atoms with E-state index in [-0.39, 0.29) is 41.6 Å². The number of benzene rings is 2. The van der Waals surface area contributed by atoms with Gasteiger partial charge in [-0.15, -0.1) is 24.0 Å². The number of rotatable bonds is 8. The topological polar surface area (TPSA) is 70.6 Å². The van der Waals surface area contributed by atoms with Gasteiger partial charge in [0.2, 0.25) is 0 Å². The molecule has 0 bridgehead atoms. The molecule has 2 atom stereocenters. The Kier molecular flexibility index (Phi) is 10.1. The van der Waals surface area contributed by atoms with Gasteiger partial charge in [-0.1, -0.05) is 60.7 Å². The minimum absolute atomic E-state index is 0. The molecule has 1 aliphatic rings. The summed E-state index contributed by atoms with van der Waals surface area (Å²) in [5, 5.41) is 6.63. The Hall–Kier alpha value is -1.61. The van der Waals surface area contributed by atoms with Crippen LogP contribution in [-0.4, -0.2) is 45.5 Å². The fourth-order valence-corrected chi connectivity index (χ4v) is 5.59. The molecule has 0 saturated carbocycles. The Balaban J connectivity index is 0.00000320. The second kappa shape index (κ2) is 12.3. The van der Waals surface area contributed by atoms with E-state index in [9.17, 15) is 8.42 Å². The van der Waals surface area contributed by atoms with Crippen molar-refractivity contribution in [3.05, 3.63) is 71.8 Å². The summed E-state index contributed by atoms with van der Waals surface area (Å²) >= 11 is 0. The molecular weight excluding hydrogens is 509 g/mol. The maximum Gasteiger partial charge on any atom is 0.191 e. The summed E-state index contributed by atoms with van der Waals surface area (Å²) in [5.41, 5.74) is 2.57. The Bertz CT molecular complexity index is 889. The molecular formula is C23H32IN3O2S. The highest BCUT2D eigenvalue weighted by Crippen LogP contribution is 2.21. The highest BCUT2D eigenvalue weighted by Gasteiger charge is 2.27. The number of hydrogen-bond donors (Lipinski definition) is 2. The van der Waals surface area contributed by atoms with E-state index in [0.717, 1.165) is 25.3 Å². The molecule has 2 N–H and O–H groups in total. The van der Waals surface area contributed by atoms with Crippen molar-refractivity contribution in [3.63, 3.8) is 0 Å². The van der Waals surface area contributed by atoms with Crippen LogP contribution in [0.3, 0.4) is 0 Å². The molecule has 0 aliphatic carbocycles. The van der Waals surface area contributed by atoms with Crippen LogP contribution in [0.4, 0.5) is 0 Å². The monoisotopic (exact) mass is 541 g/mol. The molecule has 1 fully saturated rings. The molecule has 1 heterocycles. The SMILES string of the molecule is CCNC(=NCC(Cc1ccccc1)c1ccccc1)NCC1CCS(=O)(=O)C1.I. The molecule has 164 valence electrons. The van der Waals surface area contributed by atoms with E-state index in [0.29, 0.717) is 18.8 Å². The molecule has 0 radical (unpaired) electrons. The maximum absolute atomic E-state index is 11.7. The largest absolute Gasteiger partial charge is 0.357 e. The second-order valence-electron chi connectivity index (χ2n) is 7.67. The third kappa shape index (κ3) is 7.91. The molecule has 30 heavy (non-hydrogen) atoms. The van der Waals surface area contributed by atoms with Crippen LogP contribution in [0.5, 0.6) is 0 Å². The molecule has 2 aromatic rings. The zero-order valence-electron chi connectivity index (χ0n) is 17.5. The van der Waals surface area contributed by atoms with E-state index in [1.54, 1.807) is 0 Å². The lowest BCUT2D eigenvalue weighted by Gasteiger charge is -2.18. The third-order valence-corrected chi connectivity index (χ3v) is 7.13. The number of sulfone groups is 1. The van der Waals surface area contributed by atoms with Crippen LogP contribution in [0.15, 0.2) is 65.7 Å². The smallest absolute Gasteiger partial charge is 0.191 e. The van der Waals surface area contributed by atoms with Crippen LogP contribution < -0.4 is 10.6 Å². The van der Waals surface area contributed by atoms with Gasteiger partial charge in [-0.05, 0) is 36.8 Å². The van der Waals surface area contributed by atoms with Crippen LogP contribution >= 0.6 is 24.0 Å². The van der Waals surface area contributed by atoms with Gasteiger partial charge in [-0.2, -0.15) is 0 Å². The van der Waals surface area contributed by atoms with Gasteiger partial charge in [-0.25, -0.2) is 8.42 Å². The number of nitrogens with one attached hydrogen (secondary N) is 2. The maximum atomic E-state index is 11.7. The first-order chi connectivity index (χ1) is 14.1. The minimum Gasteiger partial charge on any atom is -0.357 e. The van der Waals surface area contributed by atoms with E-state index < -0.39 is 9.84 Å². The van der Waals surface area contributed by atoms with Gasteiger partial charge in [0.1, 0.15) is 0 Å². The summed E-state index contributed by atoms with van der Waals surface area (Å²) in [5.74, 6) is 1.78. The van der Waals surface area contributed by atoms with Crippen molar-refractivity contribution in [3.8, 4) is 0 Å². The molecule has 0 aromatic heterocycles. The number of nitrogens with zero attached hydrogens (tertiary/aromatic N) is 1. The van der Waals surface area contributed by atoms with E-state index in [4.69, 9.17) is 4.99 Å². The first kappa shape index (κ1) is 24.7. The van der Waals surface area contributed by atoms with Crippen LogP contribution in [0.25, 0.3) is 0 Å². The summed E-state index contributed by atoms with van der Waals surface area (Å²) < 4.78 is 23.4. The Morgan fingerprint density at radius 1 is 1.07 bits per heavy atom. The second-order valence-corrected chi connectivity index (χ2v) is 9.90. The summed E-state index contributed by atoms with van der Waals surface area (Å²) in [6, 6.07) is 21.0. The van der Waals surface area contributed by atoms with Crippen molar-refractivity contribution >= 4 is 39.8 Å². The van der Waals surface area contributed by atoms with Crippen LogP contribution in [0.1, 0.15) is 30.4 Å². The zero-order chi connectivity index (χ0) is 20.5. The number of halogens is 1. The molecule has 1 aliphatic heterocycles. The summed E-state index contributed by atoms with van der Waals surface area (Å²) in [7, 11) is -2.85. The lowest BCUT2D eigenvalue weighted by Crippen LogP contribution is -2.40. The minimum atomic E-state index is -2.85. The van der Waals surface area contributed by atoms with Crippen LogP contribution in [-0.2, 0) is 16.3 Å². The lowest BCUT2D eigenvalue weighted by molar-refractivity contribution is 0.566. The highest BCUT2D eigenvalue weighted by molar-refractivity contribution is 14.0. The summed E-state index contributed by atoms with van der Waals surface area (Å²) in [4.78, 5) is 4.83. The number of hydrogen-bond acceptors (Lipinski definition) is 3. The van der Waals surface area contributed by atoms with E-state index in [1.165, 1.54) is 11.1 Å². The van der Waals surface area contributed by atoms with Gasteiger partial charge in [0.15, 0.2) is 15.8 Å². The molecule has 3 rings (SSSR count). The van der Waals surface area contributed by atoms with Crippen LogP contribution in [0, 0.1) is 5.92 Å². The molecule has 5 nitrogen and oxygen atoms in total. The van der Waals surface area contributed by atoms with Gasteiger partial charge < -0.3 is 10.6 Å². The van der Waals surface area contributed by atoms with Gasteiger partial charge in [-0.3, -0.25) is 4.99 Å². The lowest BCUT2D eigenvalue weighted by atomic mass is 9.92. The van der Waals surface area contributed by atoms with Gasteiger partial charge in [0.05, 0.1) is 11.5 Å². The normalized spacial score (nSPS) is 19.0. The first-order valence-electron chi connectivity index (χ1n) is 10.4. The zero-order valence-corrected chi connectivity index (χ0v) is 20.6. The average molecular weight is 541 g/mol. The molecule has 1 saturated heterocycles. The Morgan fingerprint density at radius 3 is 2.33 bits per heavy atom. The van der Waals surface area contributed by atoms with Crippen LogP contribution in [0.2, 0.25) is 0 Å². The molecule has 7 heteroatoms. The van der Waals surface area contributed by atoms with Gasteiger partial charge in [0, 0.05) is 25.6 Å². The first-order valence-corrected chi connectivity index (χ1v) is 12.2. The van der Waals surface area contributed by atoms with E-state index in [1.807, 2.05) is 19.1 Å². The van der Waals surface area contributed by atoms with E-state index in [2.05, 4.69) is 59.2 Å². The van der Waals surface area contributed by atoms with E-state index >= 15 is 0 Å². The highest BCUT2D eigenvalue weighted by atomic mass is 127. The molecule has 2 unspecified atom stereocenters. The van der Waals surface area contributed by atoms with Crippen molar-refractivity contribution in [2.75, 3.05) is 31.1 Å². The molecule has 0 spiro atoms. The predicted molar refractivity (Wildman–Crippen MR) is 135 cm³/mol. The number of guanidine groups is 1. The fourth-order valence-electron chi connectivity index (χ4n) is 3.73. The van der Waals surface area contributed by atoms with Gasteiger partial charge in [0.25, 0.3) is 0 Å². The molecule has 2 aromatic carbocycles. The van der Waals surface area contributed by atoms with Gasteiger partial charge >= 0.3 is 0 Å². The Morgan fingerprint density at radius 2 is 1.73 bits per heavy atom. The summed E-state index contributed by atoms with van der Waals surface area (Å²) in [6.07, 6.45) is 1.66. The van der Waals surface area contributed by atoms with Crippen molar-refractivity contribution < 1.29 is 8.42 Å². The number of aliphatic imine (C=N–C) groups is 1.